The Balaban J connectivity index is 1.10. The molecule has 9 aromatic rings. The first-order valence-electron chi connectivity index (χ1n) is 24.2. The van der Waals surface area contributed by atoms with Gasteiger partial charge in [-0.1, -0.05) is 207 Å². The van der Waals surface area contributed by atoms with E-state index in [9.17, 15) is 0 Å². The lowest BCUT2D eigenvalue weighted by Gasteiger charge is -2.33. The van der Waals surface area contributed by atoms with Gasteiger partial charge in [-0.2, -0.15) is 0 Å². The van der Waals surface area contributed by atoms with Gasteiger partial charge in [0.2, 0.25) is 0 Å². The quantitative estimate of drug-likeness (QED) is 0.167. The number of hydrogen-bond acceptors (Lipinski definition) is 1. The molecule has 0 aliphatic heterocycles. The molecule has 0 atom stereocenters. The van der Waals surface area contributed by atoms with Gasteiger partial charge in [0.25, 0.3) is 0 Å². The molecule has 4 aliphatic rings. The summed E-state index contributed by atoms with van der Waals surface area (Å²) in [4.78, 5) is 2.61. The maximum atomic E-state index is 2.61. The van der Waals surface area contributed by atoms with Crippen molar-refractivity contribution >= 4 is 17.1 Å². The highest BCUT2D eigenvalue weighted by Gasteiger charge is 2.40. The normalized spacial score (nSPS) is 16.2. The van der Waals surface area contributed by atoms with Crippen LogP contribution in [0.1, 0.15) is 99.9 Å². The third-order valence-corrected chi connectivity index (χ3v) is 16.7. The van der Waals surface area contributed by atoms with E-state index in [-0.39, 0.29) is 21.7 Å². The molecule has 0 fully saturated rings. The maximum absolute atomic E-state index is 2.61. The first-order chi connectivity index (χ1) is 32.3. The minimum absolute atomic E-state index is 0.138. The molecule has 0 aromatic heterocycles. The molecule has 1 heteroatoms. The van der Waals surface area contributed by atoms with Crippen molar-refractivity contribution in [2.75, 3.05) is 4.90 Å². The van der Waals surface area contributed by atoms with Crippen LogP contribution >= 0.6 is 0 Å². The highest BCUT2D eigenvalue weighted by atomic mass is 15.1. The van der Waals surface area contributed by atoms with E-state index in [4.69, 9.17) is 0 Å². The Labute approximate surface area is 396 Å². The molecule has 324 valence electrons. The minimum atomic E-state index is -0.168. The van der Waals surface area contributed by atoms with Crippen molar-refractivity contribution in [3.05, 3.63) is 233 Å². The van der Waals surface area contributed by atoms with E-state index in [1.54, 1.807) is 0 Å². The number of nitrogens with zero attached hydrogens (tertiary/aromatic N) is 1. The van der Waals surface area contributed by atoms with Crippen LogP contribution in [0.3, 0.4) is 0 Å². The first kappa shape index (κ1) is 40.1. The Kier molecular flexibility index (Phi) is 8.18. The summed E-state index contributed by atoms with van der Waals surface area (Å²) in [6.07, 6.45) is 0. The molecule has 0 saturated heterocycles. The van der Waals surface area contributed by atoms with Crippen LogP contribution in [0.15, 0.2) is 188 Å². The molecule has 0 unspecified atom stereocenters. The van der Waals surface area contributed by atoms with Crippen molar-refractivity contribution in [2.24, 2.45) is 0 Å². The second-order valence-electron chi connectivity index (χ2n) is 21.7. The van der Waals surface area contributed by atoms with Crippen molar-refractivity contribution in [1.29, 1.82) is 0 Å². The van der Waals surface area contributed by atoms with Crippen LogP contribution in [-0.2, 0) is 21.7 Å². The fraction of sp³-hybridized carbons (Fsp3) is 0.182. The van der Waals surface area contributed by atoms with E-state index in [1.165, 1.54) is 117 Å². The summed E-state index contributed by atoms with van der Waals surface area (Å²) in [5, 5.41) is 0. The SMILES string of the molecule is CC1(C)c2ccccc2-c2ccc(-c3cccc(-c4ccc5c(c4)C(C)(C)c4ccccc4-5)c3N(c3ccc4c(c3)C(C)(C)c3ccccc3-4)c3ccc4c(c3)C(C)(C)c3ccccc3-4)cc21. The summed E-state index contributed by atoms with van der Waals surface area (Å²) >= 11 is 0. The van der Waals surface area contributed by atoms with Crippen molar-refractivity contribution < 1.29 is 0 Å². The van der Waals surface area contributed by atoms with Crippen molar-refractivity contribution in [1.82, 2.24) is 0 Å². The van der Waals surface area contributed by atoms with Crippen LogP contribution in [-0.4, -0.2) is 0 Å². The molecule has 67 heavy (non-hydrogen) atoms. The molecule has 13 rings (SSSR count). The van der Waals surface area contributed by atoms with Gasteiger partial charge in [0.1, 0.15) is 0 Å². The van der Waals surface area contributed by atoms with Gasteiger partial charge < -0.3 is 4.90 Å². The summed E-state index contributed by atoms with van der Waals surface area (Å²) in [5.41, 5.74) is 29.4. The molecular weight excluding hydrogens is 807 g/mol. The van der Waals surface area contributed by atoms with Gasteiger partial charge in [0, 0.05) is 44.2 Å². The van der Waals surface area contributed by atoms with E-state index in [0.29, 0.717) is 0 Å². The topological polar surface area (TPSA) is 3.24 Å². The van der Waals surface area contributed by atoms with E-state index in [1.807, 2.05) is 0 Å². The molecule has 0 heterocycles. The van der Waals surface area contributed by atoms with Gasteiger partial charge in [0.15, 0.2) is 0 Å². The number of rotatable bonds is 5. The summed E-state index contributed by atoms with van der Waals surface area (Å²) < 4.78 is 0. The monoisotopic (exact) mass is 861 g/mol. The van der Waals surface area contributed by atoms with E-state index in [2.05, 4.69) is 248 Å². The zero-order valence-corrected chi connectivity index (χ0v) is 39.8. The Bertz CT molecular complexity index is 3360. The van der Waals surface area contributed by atoms with Gasteiger partial charge in [-0.15, -0.1) is 0 Å². The predicted molar refractivity (Wildman–Crippen MR) is 282 cm³/mol. The van der Waals surface area contributed by atoms with Crippen LogP contribution in [0.2, 0.25) is 0 Å². The average Bonchev–Trinajstić information content (AvgIpc) is 3.91. The molecular formula is C66H55N. The maximum Gasteiger partial charge on any atom is 0.0618 e. The predicted octanol–water partition coefficient (Wildman–Crippen LogP) is 17.7. The van der Waals surface area contributed by atoms with E-state index in [0.717, 1.165) is 11.4 Å². The average molecular weight is 862 g/mol. The third-order valence-electron chi connectivity index (χ3n) is 16.7. The molecule has 0 bridgehead atoms. The second-order valence-corrected chi connectivity index (χ2v) is 21.7. The van der Waals surface area contributed by atoms with Crippen molar-refractivity contribution in [3.63, 3.8) is 0 Å². The summed E-state index contributed by atoms with van der Waals surface area (Å²) in [5.74, 6) is 0. The highest BCUT2D eigenvalue weighted by molar-refractivity contribution is 6.00. The lowest BCUT2D eigenvalue weighted by Crippen LogP contribution is -2.19. The van der Waals surface area contributed by atoms with E-state index >= 15 is 0 Å². The minimum Gasteiger partial charge on any atom is -0.309 e. The van der Waals surface area contributed by atoms with Crippen LogP contribution in [0.4, 0.5) is 17.1 Å². The summed E-state index contributed by atoms with van der Waals surface area (Å²) in [6, 6.07) is 72.1. The smallest absolute Gasteiger partial charge is 0.0618 e. The summed E-state index contributed by atoms with van der Waals surface area (Å²) in [6.45, 7) is 19.2. The molecule has 0 spiro atoms. The van der Waals surface area contributed by atoms with Crippen LogP contribution in [0.5, 0.6) is 0 Å². The largest absolute Gasteiger partial charge is 0.309 e. The Morgan fingerprint density at radius 2 is 0.507 bits per heavy atom. The Morgan fingerprint density at radius 3 is 0.851 bits per heavy atom. The zero-order chi connectivity index (χ0) is 45.8. The van der Waals surface area contributed by atoms with Crippen LogP contribution in [0.25, 0.3) is 66.8 Å². The first-order valence-corrected chi connectivity index (χ1v) is 24.2. The number of para-hydroxylation sites is 1. The Hall–Kier alpha value is -7.22. The Morgan fingerprint density at radius 1 is 0.239 bits per heavy atom. The lowest BCUT2D eigenvalue weighted by molar-refractivity contribution is 0.660. The van der Waals surface area contributed by atoms with E-state index < -0.39 is 0 Å². The molecule has 0 N–H and O–H groups in total. The van der Waals surface area contributed by atoms with Gasteiger partial charge in [-0.05, 0) is 137 Å². The zero-order valence-electron chi connectivity index (χ0n) is 39.8. The molecule has 1 nitrogen and oxygen atoms in total. The van der Waals surface area contributed by atoms with Crippen LogP contribution in [0, 0.1) is 0 Å². The fourth-order valence-electron chi connectivity index (χ4n) is 13.1. The lowest BCUT2D eigenvalue weighted by atomic mass is 9.80. The third kappa shape index (κ3) is 5.43. The number of hydrogen-bond donors (Lipinski definition) is 0. The molecule has 9 aromatic carbocycles. The molecule has 0 saturated carbocycles. The number of benzene rings is 9. The molecule has 4 aliphatic carbocycles. The molecule has 0 amide bonds. The van der Waals surface area contributed by atoms with Gasteiger partial charge in [0.05, 0.1) is 5.69 Å². The van der Waals surface area contributed by atoms with Gasteiger partial charge in [-0.25, -0.2) is 0 Å². The van der Waals surface area contributed by atoms with Crippen molar-refractivity contribution in [3.8, 4) is 66.8 Å². The van der Waals surface area contributed by atoms with Gasteiger partial charge in [-0.3, -0.25) is 0 Å². The molecule has 0 radical (unpaired) electrons. The standard InChI is InChI=1S/C66H55N/c1-63(2)54-24-13-9-18-46(54)50-32-28-40(36-58(50)63)44-22-17-23-45(41-29-33-51-47-19-10-14-25-55(47)64(3,4)59(51)37-41)62(44)67(42-30-34-52-48-20-11-15-26-56(48)65(5,6)60(52)38-42)43-31-35-53-49-21-12-16-27-57(49)66(7,8)61(53)39-43/h9-39H,1-8H3. The number of fused-ring (bicyclic) bond motifs is 12. The van der Waals surface area contributed by atoms with Crippen LogP contribution < -0.4 is 4.90 Å². The fourth-order valence-corrected chi connectivity index (χ4v) is 13.1. The van der Waals surface area contributed by atoms with Crippen molar-refractivity contribution in [2.45, 2.75) is 77.0 Å². The van der Waals surface area contributed by atoms with Gasteiger partial charge >= 0.3 is 0 Å². The number of anilines is 3. The second kappa shape index (κ2) is 13.7. The highest BCUT2D eigenvalue weighted by Crippen LogP contribution is 2.57. The summed E-state index contributed by atoms with van der Waals surface area (Å²) in [7, 11) is 0.